The normalized spacial score (nSPS) is 12.0. The van der Waals surface area contributed by atoms with Gasteiger partial charge in [0.05, 0.1) is 6.61 Å². The average Bonchev–Trinajstić information content (AvgIpc) is 2.68. The van der Waals surface area contributed by atoms with Gasteiger partial charge in [0.2, 0.25) is 0 Å². The molecule has 0 saturated carbocycles. The fourth-order valence-corrected chi connectivity index (χ4v) is 3.16. The zero-order valence-corrected chi connectivity index (χ0v) is 17.8. The maximum absolute atomic E-state index is 12.2. The van der Waals surface area contributed by atoms with Gasteiger partial charge in [-0.1, -0.05) is 90.7 Å². The first-order chi connectivity index (χ1) is 13.2. The van der Waals surface area contributed by atoms with Crippen molar-refractivity contribution >= 4 is 5.97 Å². The summed E-state index contributed by atoms with van der Waals surface area (Å²) in [5.41, 5.74) is 0. The van der Waals surface area contributed by atoms with E-state index in [0.717, 1.165) is 19.3 Å². The van der Waals surface area contributed by atoms with Gasteiger partial charge in [0.1, 0.15) is 0 Å². The van der Waals surface area contributed by atoms with Crippen molar-refractivity contribution in [2.45, 2.75) is 97.8 Å². The highest BCUT2D eigenvalue weighted by molar-refractivity contribution is 5.73. The molecule has 3 heteroatoms. The van der Waals surface area contributed by atoms with Crippen molar-refractivity contribution in [3.63, 3.8) is 0 Å². The van der Waals surface area contributed by atoms with E-state index in [1.165, 1.54) is 51.4 Å². The molecule has 1 unspecified atom stereocenters. The second kappa shape index (κ2) is 15.5. The molecule has 1 rings (SSSR count). The van der Waals surface area contributed by atoms with E-state index in [1.54, 1.807) is 0 Å². The molecule has 1 aromatic rings. The number of para-hydroxylation sites is 2. The number of ether oxygens (including phenoxy) is 2. The van der Waals surface area contributed by atoms with E-state index in [-0.39, 0.29) is 5.97 Å². The lowest BCUT2D eigenvalue weighted by atomic mass is 10.0. The standard InChI is InChI=1S/C24H40O3/c1-4-7-9-10-11-12-13-19-24(25)27-23-18-15-14-17-22(23)26-20-21(6-3)16-8-5-2/h14-15,17-18,21H,4-13,16,19-20H2,1-3H3. The van der Waals surface area contributed by atoms with Gasteiger partial charge in [-0.2, -0.15) is 0 Å². The first-order valence-corrected chi connectivity index (χ1v) is 11.1. The topological polar surface area (TPSA) is 35.5 Å². The molecule has 0 radical (unpaired) electrons. The van der Waals surface area contributed by atoms with Gasteiger partial charge in [0.15, 0.2) is 11.5 Å². The lowest BCUT2D eigenvalue weighted by molar-refractivity contribution is -0.134. The smallest absolute Gasteiger partial charge is 0.311 e. The Hall–Kier alpha value is -1.51. The summed E-state index contributed by atoms with van der Waals surface area (Å²) in [4.78, 5) is 12.2. The fraction of sp³-hybridized carbons (Fsp3) is 0.708. The van der Waals surface area contributed by atoms with E-state index in [4.69, 9.17) is 9.47 Å². The summed E-state index contributed by atoms with van der Waals surface area (Å²) < 4.78 is 11.6. The van der Waals surface area contributed by atoms with Crippen molar-refractivity contribution in [2.75, 3.05) is 6.61 Å². The van der Waals surface area contributed by atoms with Gasteiger partial charge in [0.25, 0.3) is 0 Å². The summed E-state index contributed by atoms with van der Waals surface area (Å²) in [5.74, 6) is 1.63. The van der Waals surface area contributed by atoms with E-state index in [2.05, 4.69) is 20.8 Å². The highest BCUT2D eigenvalue weighted by Crippen LogP contribution is 2.28. The summed E-state index contributed by atoms with van der Waals surface area (Å²) in [6, 6.07) is 7.53. The van der Waals surface area contributed by atoms with Crippen LogP contribution in [0.2, 0.25) is 0 Å². The minimum absolute atomic E-state index is 0.155. The van der Waals surface area contributed by atoms with Crippen LogP contribution < -0.4 is 9.47 Å². The summed E-state index contributed by atoms with van der Waals surface area (Å²) in [5, 5.41) is 0. The van der Waals surface area contributed by atoms with Gasteiger partial charge in [-0.05, 0) is 30.9 Å². The number of carbonyl (C=O) groups is 1. The first-order valence-electron chi connectivity index (χ1n) is 11.1. The number of benzene rings is 1. The van der Waals surface area contributed by atoms with Crippen LogP contribution in [0.15, 0.2) is 24.3 Å². The lowest BCUT2D eigenvalue weighted by Gasteiger charge is -2.17. The largest absolute Gasteiger partial charge is 0.489 e. The highest BCUT2D eigenvalue weighted by Gasteiger charge is 2.12. The number of hydrogen-bond acceptors (Lipinski definition) is 3. The molecule has 0 spiro atoms. The van der Waals surface area contributed by atoms with Gasteiger partial charge < -0.3 is 9.47 Å². The van der Waals surface area contributed by atoms with Crippen molar-refractivity contribution < 1.29 is 14.3 Å². The molecule has 3 nitrogen and oxygen atoms in total. The molecule has 0 amide bonds. The Labute approximate surface area is 166 Å². The molecule has 0 N–H and O–H groups in total. The molecule has 0 aliphatic heterocycles. The van der Waals surface area contributed by atoms with Crippen LogP contribution in [0.3, 0.4) is 0 Å². The van der Waals surface area contributed by atoms with Crippen molar-refractivity contribution in [3.8, 4) is 11.5 Å². The van der Waals surface area contributed by atoms with E-state index < -0.39 is 0 Å². The second-order valence-corrected chi connectivity index (χ2v) is 7.52. The molecule has 1 atom stereocenters. The first kappa shape index (κ1) is 23.5. The van der Waals surface area contributed by atoms with Crippen LogP contribution in [0, 0.1) is 5.92 Å². The predicted molar refractivity (Wildman–Crippen MR) is 113 cm³/mol. The Morgan fingerprint density at radius 3 is 2.15 bits per heavy atom. The summed E-state index contributed by atoms with van der Waals surface area (Å²) >= 11 is 0. The zero-order valence-electron chi connectivity index (χ0n) is 17.8. The molecule has 0 heterocycles. The van der Waals surface area contributed by atoms with Crippen LogP contribution in [-0.4, -0.2) is 12.6 Å². The third-order valence-corrected chi connectivity index (χ3v) is 5.08. The van der Waals surface area contributed by atoms with Crippen molar-refractivity contribution in [1.29, 1.82) is 0 Å². The molecule has 0 saturated heterocycles. The van der Waals surface area contributed by atoms with E-state index >= 15 is 0 Å². The van der Waals surface area contributed by atoms with Crippen LogP contribution in [0.1, 0.15) is 97.8 Å². The monoisotopic (exact) mass is 376 g/mol. The van der Waals surface area contributed by atoms with E-state index in [0.29, 0.717) is 30.4 Å². The molecular weight excluding hydrogens is 336 g/mol. The maximum Gasteiger partial charge on any atom is 0.311 e. The Bertz CT molecular complexity index is 498. The second-order valence-electron chi connectivity index (χ2n) is 7.52. The Balaban J connectivity index is 2.36. The summed E-state index contributed by atoms with van der Waals surface area (Å²) in [7, 11) is 0. The molecule has 0 aliphatic carbocycles. The van der Waals surface area contributed by atoms with Gasteiger partial charge in [0, 0.05) is 6.42 Å². The summed E-state index contributed by atoms with van der Waals surface area (Å²) in [6.45, 7) is 7.33. The van der Waals surface area contributed by atoms with Crippen LogP contribution in [0.4, 0.5) is 0 Å². The van der Waals surface area contributed by atoms with Gasteiger partial charge >= 0.3 is 5.97 Å². The van der Waals surface area contributed by atoms with Crippen LogP contribution in [-0.2, 0) is 4.79 Å². The molecule has 0 fully saturated rings. The molecule has 0 aliphatic rings. The van der Waals surface area contributed by atoms with Crippen LogP contribution in [0.25, 0.3) is 0 Å². The quantitative estimate of drug-likeness (QED) is 0.172. The van der Waals surface area contributed by atoms with Crippen LogP contribution >= 0.6 is 0 Å². The maximum atomic E-state index is 12.2. The minimum Gasteiger partial charge on any atom is -0.489 e. The lowest BCUT2D eigenvalue weighted by Crippen LogP contribution is -2.13. The number of carbonyl (C=O) groups excluding carboxylic acids is 1. The third-order valence-electron chi connectivity index (χ3n) is 5.08. The van der Waals surface area contributed by atoms with Crippen molar-refractivity contribution in [2.24, 2.45) is 5.92 Å². The molecule has 154 valence electrons. The van der Waals surface area contributed by atoms with Crippen molar-refractivity contribution in [1.82, 2.24) is 0 Å². The zero-order chi connectivity index (χ0) is 19.7. The SMILES string of the molecule is CCCCCCCCCC(=O)Oc1ccccc1OCC(CC)CCCC. The van der Waals surface area contributed by atoms with E-state index in [1.807, 2.05) is 24.3 Å². The molecule has 0 bridgehead atoms. The minimum atomic E-state index is -0.155. The van der Waals surface area contributed by atoms with Gasteiger partial charge in [-0.25, -0.2) is 0 Å². The molecule has 1 aromatic carbocycles. The average molecular weight is 377 g/mol. The highest BCUT2D eigenvalue weighted by atomic mass is 16.6. The molecular formula is C24H40O3. The predicted octanol–water partition coefficient (Wildman–Crippen LogP) is 7.33. The number of hydrogen-bond donors (Lipinski definition) is 0. The Morgan fingerprint density at radius 1 is 0.852 bits per heavy atom. The van der Waals surface area contributed by atoms with Crippen molar-refractivity contribution in [3.05, 3.63) is 24.3 Å². The molecule has 0 aromatic heterocycles. The van der Waals surface area contributed by atoms with Gasteiger partial charge in [-0.15, -0.1) is 0 Å². The number of esters is 1. The van der Waals surface area contributed by atoms with E-state index in [9.17, 15) is 4.79 Å². The molecule has 27 heavy (non-hydrogen) atoms. The van der Waals surface area contributed by atoms with Gasteiger partial charge in [-0.3, -0.25) is 4.79 Å². The van der Waals surface area contributed by atoms with Crippen LogP contribution in [0.5, 0.6) is 11.5 Å². The fourth-order valence-electron chi connectivity index (χ4n) is 3.16. The summed E-state index contributed by atoms with van der Waals surface area (Å²) in [6.07, 6.45) is 13.6. The third kappa shape index (κ3) is 11.0. The number of rotatable bonds is 16. The Kier molecular flexibility index (Phi) is 13.5. The number of unbranched alkanes of at least 4 members (excludes halogenated alkanes) is 7. The Morgan fingerprint density at radius 2 is 1.48 bits per heavy atom.